The molecule has 5 heterocycles. The first-order valence-corrected chi connectivity index (χ1v) is 11.6. The van der Waals surface area contributed by atoms with Gasteiger partial charge < -0.3 is 9.97 Å². The van der Waals surface area contributed by atoms with E-state index in [2.05, 4.69) is 89.6 Å². The van der Waals surface area contributed by atoms with Gasteiger partial charge in [-0.05, 0) is 74.2 Å². The molecule has 0 aliphatic carbocycles. The van der Waals surface area contributed by atoms with Gasteiger partial charge in [-0.2, -0.15) is 0 Å². The molecule has 2 N–H and O–H groups in total. The molecule has 8 bridgehead atoms. The lowest BCUT2D eigenvalue weighted by atomic mass is 9.85. The van der Waals surface area contributed by atoms with E-state index in [9.17, 15) is 0 Å². The van der Waals surface area contributed by atoms with Gasteiger partial charge in [0.15, 0.2) is 0 Å². The minimum Gasteiger partial charge on any atom is -0.355 e. The minimum absolute atomic E-state index is 0.00410. The van der Waals surface area contributed by atoms with Crippen molar-refractivity contribution in [1.29, 1.82) is 0 Å². The molecule has 0 saturated heterocycles. The number of H-pyrrole nitrogens is 2. The fourth-order valence-corrected chi connectivity index (χ4v) is 5.06. The molecular formula is C28H34N4. The van der Waals surface area contributed by atoms with Crippen LogP contribution in [0.4, 0.5) is 0 Å². The second-order valence-electron chi connectivity index (χ2n) is 11.1. The van der Waals surface area contributed by atoms with Crippen molar-refractivity contribution in [2.75, 3.05) is 0 Å². The van der Waals surface area contributed by atoms with Crippen molar-refractivity contribution in [2.45, 2.75) is 79.1 Å². The summed E-state index contributed by atoms with van der Waals surface area (Å²) in [5.74, 6) is 0. The van der Waals surface area contributed by atoms with Gasteiger partial charge in [0, 0.05) is 68.5 Å². The topological polar surface area (TPSA) is 57.4 Å². The number of fused-ring (bicyclic) bond motifs is 8. The first-order chi connectivity index (χ1) is 14.9. The van der Waals surface area contributed by atoms with E-state index in [4.69, 9.17) is 9.97 Å². The zero-order valence-corrected chi connectivity index (χ0v) is 20.6. The van der Waals surface area contributed by atoms with Crippen LogP contribution in [0.5, 0.6) is 0 Å². The Labute approximate surface area is 190 Å². The first-order valence-electron chi connectivity index (χ1n) is 11.6. The Balaban J connectivity index is 1.94. The monoisotopic (exact) mass is 426 g/mol. The third-order valence-electron chi connectivity index (χ3n) is 7.62. The number of hydrogen-bond acceptors (Lipinski definition) is 2. The van der Waals surface area contributed by atoms with Crippen LogP contribution in [0.3, 0.4) is 0 Å². The second kappa shape index (κ2) is 6.81. The van der Waals surface area contributed by atoms with E-state index in [1.807, 2.05) is 0 Å². The number of aromatic amines is 2. The maximum atomic E-state index is 5.07. The zero-order valence-electron chi connectivity index (χ0n) is 20.6. The van der Waals surface area contributed by atoms with Crippen LogP contribution in [0.1, 0.15) is 72.7 Å². The third kappa shape index (κ3) is 3.28. The highest BCUT2D eigenvalue weighted by Crippen LogP contribution is 2.35. The summed E-state index contributed by atoms with van der Waals surface area (Å²) in [6.07, 6.45) is 1.87. The summed E-state index contributed by atoms with van der Waals surface area (Å²) in [7, 11) is 0. The molecule has 0 unspecified atom stereocenters. The van der Waals surface area contributed by atoms with Gasteiger partial charge >= 0.3 is 0 Å². The molecule has 0 atom stereocenters. The van der Waals surface area contributed by atoms with Crippen LogP contribution in [-0.2, 0) is 23.7 Å². The fourth-order valence-electron chi connectivity index (χ4n) is 5.06. The number of aryl methyl sites for hydroxylation is 4. The standard InChI is InChI=1S/C28H34N4/c1-15-17(3)23-11-25-27(5,6)13-19(29-25)9-20-14-28(7,8)26(30-20)12-24-18(4)16(2)22(32-24)10-21(15)31-23/h9-12,31-32H,13-14H2,1-8H3. The Hall–Kier alpha value is -2.88. The van der Waals surface area contributed by atoms with Gasteiger partial charge in [-0.25, -0.2) is 0 Å². The fraction of sp³-hybridized carbons (Fsp3) is 0.429. The molecule has 0 amide bonds. The number of nitrogens with one attached hydrogen (secondary N) is 2. The van der Waals surface area contributed by atoms with Gasteiger partial charge in [0.05, 0.1) is 0 Å². The lowest BCUT2D eigenvalue weighted by molar-refractivity contribution is 0.539. The van der Waals surface area contributed by atoms with Crippen molar-refractivity contribution >= 4 is 22.1 Å². The average molecular weight is 427 g/mol. The quantitative estimate of drug-likeness (QED) is 0.426. The van der Waals surface area contributed by atoms with Gasteiger partial charge in [0.2, 0.25) is 0 Å². The molecule has 4 heteroatoms. The lowest BCUT2D eigenvalue weighted by Gasteiger charge is -2.16. The summed E-state index contributed by atoms with van der Waals surface area (Å²) in [5.41, 5.74) is 14.3. The molecule has 3 aromatic heterocycles. The maximum Gasteiger partial charge on any atom is 0.0487 e. The van der Waals surface area contributed by atoms with Crippen LogP contribution in [0.15, 0.2) is 24.3 Å². The van der Waals surface area contributed by atoms with Crippen LogP contribution < -0.4 is 0 Å². The molecule has 166 valence electrons. The van der Waals surface area contributed by atoms with Gasteiger partial charge in [-0.15, -0.1) is 0 Å². The van der Waals surface area contributed by atoms with E-state index in [1.54, 1.807) is 0 Å². The Morgan fingerprint density at radius 3 is 1.28 bits per heavy atom. The molecule has 2 aliphatic rings. The molecule has 0 spiro atoms. The summed E-state index contributed by atoms with van der Waals surface area (Å²) >= 11 is 0. The van der Waals surface area contributed by atoms with E-state index < -0.39 is 0 Å². The van der Waals surface area contributed by atoms with Crippen molar-refractivity contribution in [2.24, 2.45) is 0 Å². The van der Waals surface area contributed by atoms with Crippen LogP contribution in [0.2, 0.25) is 0 Å². The smallest absolute Gasteiger partial charge is 0.0487 e. The molecule has 2 aliphatic heterocycles. The number of aromatic nitrogens is 4. The molecule has 3 aromatic rings. The molecule has 5 rings (SSSR count). The number of nitrogens with zero attached hydrogens (tertiary/aromatic N) is 2. The van der Waals surface area contributed by atoms with E-state index in [-0.39, 0.29) is 10.8 Å². The van der Waals surface area contributed by atoms with Crippen molar-refractivity contribution < 1.29 is 0 Å². The summed E-state index contributed by atoms with van der Waals surface area (Å²) in [4.78, 5) is 17.5. The normalized spacial score (nSPS) is 17.0. The van der Waals surface area contributed by atoms with Crippen molar-refractivity contribution in [3.63, 3.8) is 0 Å². The molecular weight excluding hydrogens is 392 g/mol. The van der Waals surface area contributed by atoms with E-state index >= 15 is 0 Å². The van der Waals surface area contributed by atoms with Gasteiger partial charge in [0.1, 0.15) is 0 Å². The van der Waals surface area contributed by atoms with Crippen LogP contribution >= 0.6 is 0 Å². The Kier molecular flexibility index (Phi) is 4.47. The van der Waals surface area contributed by atoms with Crippen LogP contribution in [0, 0.1) is 27.7 Å². The van der Waals surface area contributed by atoms with Gasteiger partial charge in [-0.3, -0.25) is 9.97 Å². The summed E-state index contributed by atoms with van der Waals surface area (Å²) in [6, 6.07) is 8.96. The molecule has 0 aromatic carbocycles. The molecule has 0 saturated carbocycles. The average Bonchev–Trinajstić information content (AvgIpc) is 3.32. The first kappa shape index (κ1) is 21.0. The summed E-state index contributed by atoms with van der Waals surface area (Å²) in [5, 5.41) is 0. The predicted octanol–water partition coefficient (Wildman–Crippen LogP) is 6.59. The molecule has 0 fully saturated rings. The Morgan fingerprint density at radius 2 is 0.906 bits per heavy atom. The zero-order chi connectivity index (χ0) is 23.0. The van der Waals surface area contributed by atoms with Crippen LogP contribution in [0.25, 0.3) is 22.1 Å². The molecule has 32 heavy (non-hydrogen) atoms. The van der Waals surface area contributed by atoms with Crippen molar-refractivity contribution in [1.82, 2.24) is 19.9 Å². The number of hydrogen-bond donors (Lipinski definition) is 2. The summed E-state index contributed by atoms with van der Waals surface area (Å²) < 4.78 is 0. The highest BCUT2D eigenvalue weighted by Gasteiger charge is 2.31. The molecule has 4 nitrogen and oxygen atoms in total. The Morgan fingerprint density at radius 1 is 0.562 bits per heavy atom. The van der Waals surface area contributed by atoms with E-state index in [1.165, 1.54) is 22.3 Å². The second-order valence-corrected chi connectivity index (χ2v) is 11.1. The predicted molar refractivity (Wildman–Crippen MR) is 133 cm³/mol. The largest absolute Gasteiger partial charge is 0.355 e. The van der Waals surface area contributed by atoms with Crippen molar-refractivity contribution in [3.8, 4) is 0 Å². The van der Waals surface area contributed by atoms with E-state index in [0.29, 0.717) is 0 Å². The molecule has 0 radical (unpaired) electrons. The highest BCUT2D eigenvalue weighted by atomic mass is 14.8. The Bertz CT molecular complexity index is 1310. The van der Waals surface area contributed by atoms with E-state index in [0.717, 1.165) is 57.7 Å². The summed E-state index contributed by atoms with van der Waals surface area (Å²) in [6.45, 7) is 17.9. The van der Waals surface area contributed by atoms with Gasteiger partial charge in [0.25, 0.3) is 0 Å². The van der Waals surface area contributed by atoms with Crippen molar-refractivity contribution in [3.05, 3.63) is 69.3 Å². The maximum absolute atomic E-state index is 5.07. The highest BCUT2D eigenvalue weighted by molar-refractivity contribution is 5.78. The SMILES string of the molecule is Cc1c(C)c2cc3[nH]c(cc4nc(cc5nc(cc1[nH]2)C(C)(C)C5)CC4(C)C)c(C)c3C. The lowest BCUT2D eigenvalue weighted by Crippen LogP contribution is -2.15. The minimum atomic E-state index is 0.00410. The van der Waals surface area contributed by atoms with Crippen LogP contribution in [-0.4, -0.2) is 19.9 Å². The van der Waals surface area contributed by atoms with Gasteiger partial charge in [-0.1, -0.05) is 27.7 Å². The number of rotatable bonds is 0. The third-order valence-corrected chi connectivity index (χ3v) is 7.62.